The monoisotopic (exact) mass is 222 g/mol. The Morgan fingerprint density at radius 3 is 2.75 bits per heavy atom. The highest BCUT2D eigenvalue weighted by Crippen LogP contribution is 2.41. The lowest BCUT2D eigenvalue weighted by atomic mass is 9.94. The van der Waals surface area contributed by atoms with Crippen LogP contribution in [0, 0.1) is 11.7 Å². The van der Waals surface area contributed by atoms with Crippen molar-refractivity contribution in [2.45, 2.75) is 25.3 Å². The first-order chi connectivity index (χ1) is 7.52. The minimum Gasteiger partial charge on any atom is -0.371 e. The Morgan fingerprint density at radius 2 is 2.25 bits per heavy atom. The highest BCUT2D eigenvalue weighted by molar-refractivity contribution is 5.88. The molecule has 1 unspecified atom stereocenters. The normalized spacial score (nSPS) is 18.9. The van der Waals surface area contributed by atoms with Gasteiger partial charge in [0.2, 0.25) is 5.91 Å². The fourth-order valence-corrected chi connectivity index (χ4v) is 1.89. The number of anilines is 1. The van der Waals surface area contributed by atoms with Crippen LogP contribution in [-0.2, 0) is 4.79 Å². The van der Waals surface area contributed by atoms with Gasteiger partial charge < -0.3 is 11.1 Å². The molecule has 0 spiro atoms. The summed E-state index contributed by atoms with van der Waals surface area (Å²) in [6, 6.07) is 6.06. The molecule has 1 aromatic rings. The van der Waals surface area contributed by atoms with Crippen LogP contribution in [0.1, 0.15) is 19.8 Å². The van der Waals surface area contributed by atoms with Crippen molar-refractivity contribution in [1.82, 2.24) is 0 Å². The van der Waals surface area contributed by atoms with Crippen LogP contribution in [0.5, 0.6) is 0 Å². The Hall–Kier alpha value is -1.58. The standard InChI is InChI=1S/C12H15FN2O/c1-12(11(14)16,8-5-6-8)15-10-4-2-3-9(13)7-10/h2-4,7-8,15H,5-6H2,1H3,(H2,14,16). The second-order valence-electron chi connectivity index (χ2n) is 4.48. The average Bonchev–Trinajstić information content (AvgIpc) is 3.00. The highest BCUT2D eigenvalue weighted by Gasteiger charge is 2.46. The lowest BCUT2D eigenvalue weighted by molar-refractivity contribution is -0.122. The van der Waals surface area contributed by atoms with Gasteiger partial charge in [-0.3, -0.25) is 4.79 Å². The fraction of sp³-hybridized carbons (Fsp3) is 0.417. The molecule has 16 heavy (non-hydrogen) atoms. The summed E-state index contributed by atoms with van der Waals surface area (Å²) < 4.78 is 13.0. The van der Waals surface area contributed by atoms with Gasteiger partial charge in [0.25, 0.3) is 0 Å². The van der Waals surface area contributed by atoms with Crippen LogP contribution in [0.3, 0.4) is 0 Å². The number of benzene rings is 1. The zero-order valence-corrected chi connectivity index (χ0v) is 9.16. The SMILES string of the molecule is CC(Nc1cccc(F)c1)(C(N)=O)C1CC1. The fourth-order valence-electron chi connectivity index (χ4n) is 1.89. The predicted molar refractivity (Wildman–Crippen MR) is 60.3 cm³/mol. The molecule has 1 amide bonds. The van der Waals surface area contributed by atoms with E-state index in [1.54, 1.807) is 19.1 Å². The summed E-state index contributed by atoms with van der Waals surface area (Å²) in [6.45, 7) is 1.78. The Kier molecular flexibility index (Phi) is 2.58. The number of carbonyl (C=O) groups excluding carboxylic acids is 1. The zero-order valence-electron chi connectivity index (χ0n) is 9.16. The van der Waals surface area contributed by atoms with Gasteiger partial charge >= 0.3 is 0 Å². The van der Waals surface area contributed by atoms with Gasteiger partial charge in [-0.15, -0.1) is 0 Å². The van der Waals surface area contributed by atoms with Gasteiger partial charge in [0, 0.05) is 5.69 Å². The third-order valence-corrected chi connectivity index (χ3v) is 3.13. The maximum Gasteiger partial charge on any atom is 0.243 e. The number of rotatable bonds is 4. The smallest absolute Gasteiger partial charge is 0.243 e. The van der Waals surface area contributed by atoms with Crippen molar-refractivity contribution >= 4 is 11.6 Å². The summed E-state index contributed by atoms with van der Waals surface area (Å²) in [4.78, 5) is 11.5. The lowest BCUT2D eigenvalue weighted by Gasteiger charge is -2.28. The first-order valence-electron chi connectivity index (χ1n) is 5.36. The summed E-state index contributed by atoms with van der Waals surface area (Å²) in [5, 5.41) is 3.04. The molecular weight excluding hydrogens is 207 g/mol. The minimum atomic E-state index is -0.770. The molecule has 0 radical (unpaired) electrons. The van der Waals surface area contributed by atoms with Crippen LogP contribution >= 0.6 is 0 Å². The Morgan fingerprint density at radius 1 is 1.56 bits per heavy atom. The average molecular weight is 222 g/mol. The van der Waals surface area contributed by atoms with E-state index in [1.165, 1.54) is 12.1 Å². The van der Waals surface area contributed by atoms with Gasteiger partial charge in [0.15, 0.2) is 0 Å². The molecule has 1 saturated carbocycles. The summed E-state index contributed by atoms with van der Waals surface area (Å²) in [7, 11) is 0. The Bertz CT molecular complexity index is 417. The van der Waals surface area contributed by atoms with Gasteiger partial charge in [-0.05, 0) is 43.9 Å². The van der Waals surface area contributed by atoms with E-state index in [2.05, 4.69) is 5.32 Å². The van der Waals surface area contributed by atoms with Crippen molar-refractivity contribution in [2.75, 3.05) is 5.32 Å². The number of carbonyl (C=O) groups is 1. The molecule has 3 N–H and O–H groups in total. The van der Waals surface area contributed by atoms with Crippen LogP contribution in [0.25, 0.3) is 0 Å². The number of primary amides is 1. The Balaban J connectivity index is 2.21. The molecule has 0 saturated heterocycles. The lowest BCUT2D eigenvalue weighted by Crippen LogP contribution is -2.49. The van der Waals surface area contributed by atoms with Crippen molar-refractivity contribution in [2.24, 2.45) is 11.7 Å². The van der Waals surface area contributed by atoms with Crippen LogP contribution in [0.2, 0.25) is 0 Å². The van der Waals surface area contributed by atoms with E-state index in [4.69, 9.17) is 5.73 Å². The third-order valence-electron chi connectivity index (χ3n) is 3.13. The zero-order chi connectivity index (χ0) is 11.8. The van der Waals surface area contributed by atoms with E-state index >= 15 is 0 Å². The number of hydrogen-bond donors (Lipinski definition) is 2. The maximum atomic E-state index is 13.0. The van der Waals surface area contributed by atoms with Crippen molar-refractivity contribution in [3.63, 3.8) is 0 Å². The van der Waals surface area contributed by atoms with Gasteiger partial charge in [-0.1, -0.05) is 6.07 Å². The van der Waals surface area contributed by atoms with Gasteiger partial charge in [-0.25, -0.2) is 4.39 Å². The second kappa shape index (κ2) is 3.77. The van der Waals surface area contributed by atoms with E-state index in [0.717, 1.165) is 12.8 Å². The maximum absolute atomic E-state index is 13.0. The highest BCUT2D eigenvalue weighted by atomic mass is 19.1. The quantitative estimate of drug-likeness (QED) is 0.817. The van der Waals surface area contributed by atoms with Crippen molar-refractivity contribution in [1.29, 1.82) is 0 Å². The third kappa shape index (κ3) is 2.01. The first kappa shape index (κ1) is 10.9. The molecule has 1 aliphatic carbocycles. The van der Waals surface area contributed by atoms with Crippen LogP contribution < -0.4 is 11.1 Å². The summed E-state index contributed by atoms with van der Waals surface area (Å²) in [5.41, 5.74) is 5.22. The summed E-state index contributed by atoms with van der Waals surface area (Å²) in [6.07, 6.45) is 1.98. The van der Waals surface area contributed by atoms with E-state index < -0.39 is 5.54 Å². The van der Waals surface area contributed by atoms with E-state index in [-0.39, 0.29) is 17.6 Å². The predicted octanol–water partition coefficient (Wildman–Crippen LogP) is 1.89. The van der Waals surface area contributed by atoms with Crippen LogP contribution in [0.15, 0.2) is 24.3 Å². The minimum absolute atomic E-state index is 0.258. The summed E-state index contributed by atoms with van der Waals surface area (Å²) >= 11 is 0. The first-order valence-corrected chi connectivity index (χ1v) is 5.36. The second-order valence-corrected chi connectivity index (χ2v) is 4.48. The van der Waals surface area contributed by atoms with Crippen molar-refractivity contribution in [3.8, 4) is 0 Å². The number of nitrogens with one attached hydrogen (secondary N) is 1. The molecule has 0 bridgehead atoms. The van der Waals surface area contributed by atoms with Gasteiger partial charge in [0.05, 0.1) is 0 Å². The Labute approximate surface area is 93.8 Å². The molecule has 2 rings (SSSR count). The topological polar surface area (TPSA) is 55.1 Å². The van der Waals surface area contributed by atoms with Crippen LogP contribution in [-0.4, -0.2) is 11.4 Å². The van der Waals surface area contributed by atoms with E-state index in [0.29, 0.717) is 5.69 Å². The molecular formula is C12H15FN2O. The molecule has 0 aliphatic heterocycles. The van der Waals surface area contributed by atoms with Gasteiger partial charge in [0.1, 0.15) is 11.4 Å². The van der Waals surface area contributed by atoms with Gasteiger partial charge in [-0.2, -0.15) is 0 Å². The largest absolute Gasteiger partial charge is 0.371 e. The molecule has 86 valence electrons. The number of nitrogens with two attached hydrogens (primary N) is 1. The molecule has 4 heteroatoms. The molecule has 1 atom stereocenters. The number of halogens is 1. The summed E-state index contributed by atoms with van der Waals surface area (Å²) in [5.74, 6) is -0.458. The van der Waals surface area contributed by atoms with Crippen molar-refractivity contribution in [3.05, 3.63) is 30.1 Å². The number of hydrogen-bond acceptors (Lipinski definition) is 2. The van der Waals surface area contributed by atoms with E-state index in [9.17, 15) is 9.18 Å². The molecule has 3 nitrogen and oxygen atoms in total. The molecule has 1 aromatic carbocycles. The van der Waals surface area contributed by atoms with E-state index in [1.807, 2.05) is 0 Å². The molecule has 0 aromatic heterocycles. The van der Waals surface area contributed by atoms with Crippen LogP contribution in [0.4, 0.5) is 10.1 Å². The molecule has 1 fully saturated rings. The number of amides is 1. The molecule has 0 heterocycles. The molecule has 1 aliphatic rings. The van der Waals surface area contributed by atoms with Crippen molar-refractivity contribution < 1.29 is 9.18 Å².